The van der Waals surface area contributed by atoms with E-state index in [2.05, 4.69) is 12.2 Å². The predicted octanol–water partition coefficient (Wildman–Crippen LogP) is 2.88. The van der Waals surface area contributed by atoms with Gasteiger partial charge in [-0.1, -0.05) is 13.3 Å². The van der Waals surface area contributed by atoms with Gasteiger partial charge in [0.1, 0.15) is 5.75 Å². The molecule has 0 spiro atoms. The zero-order valence-corrected chi connectivity index (χ0v) is 12.0. The van der Waals surface area contributed by atoms with Crippen molar-refractivity contribution in [1.82, 2.24) is 0 Å². The van der Waals surface area contributed by atoms with Crippen molar-refractivity contribution in [2.75, 3.05) is 30.8 Å². The molecule has 0 aliphatic carbocycles. The monoisotopic (exact) mass is 266 g/mol. The average Bonchev–Trinajstić information content (AvgIpc) is 2.40. The molecule has 4 nitrogen and oxygen atoms in total. The summed E-state index contributed by atoms with van der Waals surface area (Å²) in [7, 11) is 0. The lowest BCUT2D eigenvalue weighted by Gasteiger charge is -2.17. The number of aliphatic hydroxyl groups is 1. The van der Waals surface area contributed by atoms with Gasteiger partial charge >= 0.3 is 0 Å². The summed E-state index contributed by atoms with van der Waals surface area (Å²) in [4.78, 5) is 0. The summed E-state index contributed by atoms with van der Waals surface area (Å²) in [6, 6.07) is 5.74. The Hall–Kier alpha value is -1.42. The number of benzene rings is 1. The molecule has 1 unspecified atom stereocenters. The fourth-order valence-electron chi connectivity index (χ4n) is 2.13. The van der Waals surface area contributed by atoms with Crippen LogP contribution in [-0.2, 0) is 0 Å². The molecule has 4 heteroatoms. The van der Waals surface area contributed by atoms with E-state index in [0.29, 0.717) is 18.2 Å². The van der Waals surface area contributed by atoms with Crippen LogP contribution in [0.2, 0.25) is 0 Å². The number of nitrogen functional groups attached to an aromatic ring is 1. The van der Waals surface area contributed by atoms with Crippen LogP contribution >= 0.6 is 0 Å². The van der Waals surface area contributed by atoms with Crippen molar-refractivity contribution < 1.29 is 9.84 Å². The van der Waals surface area contributed by atoms with Crippen molar-refractivity contribution in [1.29, 1.82) is 0 Å². The molecule has 0 bridgehead atoms. The number of nitrogens with one attached hydrogen (secondary N) is 1. The third-order valence-electron chi connectivity index (χ3n) is 3.14. The van der Waals surface area contributed by atoms with E-state index in [1.54, 1.807) is 0 Å². The van der Waals surface area contributed by atoms with Gasteiger partial charge in [-0.25, -0.2) is 0 Å². The van der Waals surface area contributed by atoms with Gasteiger partial charge in [0.05, 0.1) is 12.3 Å². The number of anilines is 2. The Kier molecular flexibility index (Phi) is 7.11. The topological polar surface area (TPSA) is 67.5 Å². The number of ether oxygens (including phenoxy) is 1. The first-order chi connectivity index (χ1) is 9.21. The van der Waals surface area contributed by atoms with Crippen molar-refractivity contribution in [3.8, 4) is 5.75 Å². The number of rotatable bonds is 9. The Bertz CT molecular complexity index is 363. The van der Waals surface area contributed by atoms with Gasteiger partial charge in [-0.3, -0.25) is 0 Å². The molecule has 0 fully saturated rings. The lowest BCUT2D eigenvalue weighted by Crippen LogP contribution is -2.15. The van der Waals surface area contributed by atoms with E-state index in [1.807, 2.05) is 25.1 Å². The van der Waals surface area contributed by atoms with Crippen molar-refractivity contribution in [3.05, 3.63) is 18.2 Å². The van der Waals surface area contributed by atoms with Crippen LogP contribution in [0.1, 0.15) is 33.1 Å². The second kappa shape index (κ2) is 8.64. The molecule has 0 heterocycles. The Labute approximate surface area is 116 Å². The third kappa shape index (κ3) is 5.39. The standard InChI is InChI=1S/C15H26N2O2/c1-3-5-12(8-9-18)11-17-13-6-7-14(16)15(10-13)19-4-2/h6-7,10,12,17-18H,3-5,8-9,11,16H2,1-2H3. The number of aliphatic hydroxyl groups excluding tert-OH is 1. The molecule has 4 N–H and O–H groups in total. The maximum Gasteiger partial charge on any atom is 0.144 e. The molecule has 108 valence electrons. The van der Waals surface area contributed by atoms with Gasteiger partial charge in [-0.15, -0.1) is 0 Å². The van der Waals surface area contributed by atoms with Gasteiger partial charge < -0.3 is 20.9 Å². The summed E-state index contributed by atoms with van der Waals surface area (Å²) in [6.07, 6.45) is 3.10. The van der Waals surface area contributed by atoms with Crippen molar-refractivity contribution in [2.24, 2.45) is 5.92 Å². The minimum atomic E-state index is 0.248. The third-order valence-corrected chi connectivity index (χ3v) is 3.14. The summed E-state index contributed by atoms with van der Waals surface area (Å²) in [5, 5.41) is 12.4. The van der Waals surface area contributed by atoms with E-state index < -0.39 is 0 Å². The summed E-state index contributed by atoms with van der Waals surface area (Å²) in [6.45, 7) is 5.83. The Balaban J connectivity index is 2.58. The first kappa shape index (κ1) is 15.6. The van der Waals surface area contributed by atoms with Crippen molar-refractivity contribution in [2.45, 2.75) is 33.1 Å². The molecule has 19 heavy (non-hydrogen) atoms. The van der Waals surface area contributed by atoms with E-state index in [-0.39, 0.29) is 6.61 Å². The molecule has 1 atom stereocenters. The molecular formula is C15H26N2O2. The molecule has 0 aromatic heterocycles. The largest absolute Gasteiger partial charge is 0.492 e. The van der Waals surface area contributed by atoms with Crippen LogP contribution in [0.3, 0.4) is 0 Å². The SMILES string of the molecule is CCCC(CCO)CNc1ccc(N)c(OCC)c1. The summed E-state index contributed by atoms with van der Waals surface area (Å²) >= 11 is 0. The van der Waals surface area contributed by atoms with Crippen LogP contribution in [0.15, 0.2) is 18.2 Å². The molecule has 0 radical (unpaired) electrons. The van der Waals surface area contributed by atoms with E-state index >= 15 is 0 Å². The van der Waals surface area contributed by atoms with Gasteiger partial charge in [0.15, 0.2) is 0 Å². The maximum atomic E-state index is 9.05. The fourth-order valence-corrected chi connectivity index (χ4v) is 2.13. The molecular weight excluding hydrogens is 240 g/mol. The van der Waals surface area contributed by atoms with Crippen LogP contribution in [0.5, 0.6) is 5.75 Å². The highest BCUT2D eigenvalue weighted by Crippen LogP contribution is 2.26. The number of hydrogen-bond acceptors (Lipinski definition) is 4. The summed E-state index contributed by atoms with van der Waals surface area (Å²) < 4.78 is 5.47. The van der Waals surface area contributed by atoms with Gasteiger partial charge in [-0.2, -0.15) is 0 Å². The number of hydrogen-bond donors (Lipinski definition) is 3. The second-order valence-electron chi connectivity index (χ2n) is 4.73. The molecule has 1 aromatic rings. The van der Waals surface area contributed by atoms with Crippen LogP contribution in [0, 0.1) is 5.92 Å². The van der Waals surface area contributed by atoms with Crippen molar-refractivity contribution in [3.63, 3.8) is 0 Å². The minimum Gasteiger partial charge on any atom is -0.492 e. The molecule has 0 saturated carbocycles. The van der Waals surface area contributed by atoms with Crippen LogP contribution in [-0.4, -0.2) is 24.9 Å². The molecule has 0 aliphatic rings. The maximum absolute atomic E-state index is 9.05. The quantitative estimate of drug-likeness (QED) is 0.601. The Morgan fingerprint density at radius 2 is 2.11 bits per heavy atom. The van der Waals surface area contributed by atoms with Gasteiger partial charge in [0.2, 0.25) is 0 Å². The highest BCUT2D eigenvalue weighted by Gasteiger charge is 2.08. The molecule has 0 saturated heterocycles. The van der Waals surface area contributed by atoms with Crippen LogP contribution in [0.4, 0.5) is 11.4 Å². The molecule has 0 amide bonds. The normalized spacial score (nSPS) is 12.2. The molecule has 0 aliphatic heterocycles. The summed E-state index contributed by atoms with van der Waals surface area (Å²) in [5.74, 6) is 1.23. The Morgan fingerprint density at radius 1 is 1.32 bits per heavy atom. The van der Waals surface area contributed by atoms with E-state index in [1.165, 1.54) is 0 Å². The van der Waals surface area contributed by atoms with E-state index in [4.69, 9.17) is 15.6 Å². The van der Waals surface area contributed by atoms with Gasteiger partial charge in [0.25, 0.3) is 0 Å². The smallest absolute Gasteiger partial charge is 0.144 e. The predicted molar refractivity (Wildman–Crippen MR) is 80.6 cm³/mol. The van der Waals surface area contributed by atoms with Gasteiger partial charge in [0, 0.05) is 24.9 Å². The first-order valence-corrected chi connectivity index (χ1v) is 7.08. The molecule has 1 aromatic carbocycles. The zero-order valence-electron chi connectivity index (χ0n) is 12.0. The number of nitrogens with two attached hydrogens (primary N) is 1. The lowest BCUT2D eigenvalue weighted by molar-refractivity contribution is 0.255. The first-order valence-electron chi connectivity index (χ1n) is 7.08. The average molecular weight is 266 g/mol. The highest BCUT2D eigenvalue weighted by molar-refractivity contribution is 5.61. The lowest BCUT2D eigenvalue weighted by atomic mass is 10.00. The minimum absolute atomic E-state index is 0.248. The summed E-state index contributed by atoms with van der Waals surface area (Å²) in [5.41, 5.74) is 7.51. The molecule has 1 rings (SSSR count). The van der Waals surface area contributed by atoms with Crippen LogP contribution in [0.25, 0.3) is 0 Å². The van der Waals surface area contributed by atoms with Crippen molar-refractivity contribution >= 4 is 11.4 Å². The zero-order chi connectivity index (χ0) is 14.1. The van der Waals surface area contributed by atoms with Crippen LogP contribution < -0.4 is 15.8 Å². The van der Waals surface area contributed by atoms with E-state index in [9.17, 15) is 0 Å². The Morgan fingerprint density at radius 3 is 2.74 bits per heavy atom. The fraction of sp³-hybridized carbons (Fsp3) is 0.600. The second-order valence-corrected chi connectivity index (χ2v) is 4.73. The van der Waals surface area contributed by atoms with Gasteiger partial charge in [-0.05, 0) is 37.8 Å². The highest BCUT2D eigenvalue weighted by atomic mass is 16.5. The van der Waals surface area contributed by atoms with E-state index in [0.717, 1.165) is 37.2 Å².